The van der Waals surface area contributed by atoms with Crippen LogP contribution in [-0.2, 0) is 14.3 Å². The van der Waals surface area contributed by atoms with Crippen LogP contribution in [0.1, 0.15) is 18.4 Å². The van der Waals surface area contributed by atoms with Gasteiger partial charge in [0.15, 0.2) is 0 Å². The molecule has 1 aliphatic rings. The molecule has 0 unspecified atom stereocenters. The van der Waals surface area contributed by atoms with Crippen LogP contribution in [0.15, 0.2) is 78.9 Å². The maximum Gasteiger partial charge on any atom is 0.364 e. The SMILES string of the molecule is C[C@]1(C(=O)O)OC[C@@H](c2ccc(OCCOc3ccc(Oc4ccccc4)cc3)cc2)CO1. The Kier molecular flexibility index (Phi) is 7.12. The average molecular weight is 450 g/mol. The van der Waals surface area contributed by atoms with Crippen LogP contribution in [-0.4, -0.2) is 43.3 Å². The molecule has 1 saturated heterocycles. The Balaban J connectivity index is 1.18. The highest BCUT2D eigenvalue weighted by Crippen LogP contribution is 2.29. The highest BCUT2D eigenvalue weighted by molar-refractivity contribution is 5.75. The van der Waals surface area contributed by atoms with Gasteiger partial charge in [-0.25, -0.2) is 4.79 Å². The van der Waals surface area contributed by atoms with E-state index >= 15 is 0 Å². The number of carbonyl (C=O) groups is 1. The van der Waals surface area contributed by atoms with Gasteiger partial charge in [-0.3, -0.25) is 0 Å². The van der Waals surface area contributed by atoms with Gasteiger partial charge in [0.1, 0.15) is 36.2 Å². The van der Waals surface area contributed by atoms with E-state index in [0.717, 1.165) is 28.6 Å². The van der Waals surface area contributed by atoms with E-state index in [1.807, 2.05) is 78.9 Å². The lowest BCUT2D eigenvalue weighted by Gasteiger charge is -2.34. The summed E-state index contributed by atoms with van der Waals surface area (Å²) in [6.45, 7) is 2.78. The number of ether oxygens (including phenoxy) is 5. The van der Waals surface area contributed by atoms with Crippen LogP contribution < -0.4 is 14.2 Å². The number of carboxylic acid groups (broad SMARTS) is 1. The number of para-hydroxylation sites is 1. The van der Waals surface area contributed by atoms with Crippen molar-refractivity contribution >= 4 is 5.97 Å². The van der Waals surface area contributed by atoms with Crippen molar-refractivity contribution in [1.82, 2.24) is 0 Å². The van der Waals surface area contributed by atoms with E-state index in [9.17, 15) is 4.79 Å². The Bertz CT molecular complexity index is 1020. The Morgan fingerprint density at radius 3 is 1.85 bits per heavy atom. The zero-order valence-electron chi connectivity index (χ0n) is 18.3. The Morgan fingerprint density at radius 2 is 1.30 bits per heavy atom. The first kappa shape index (κ1) is 22.6. The molecule has 0 spiro atoms. The van der Waals surface area contributed by atoms with Crippen molar-refractivity contribution in [2.24, 2.45) is 0 Å². The smallest absolute Gasteiger partial charge is 0.364 e. The molecule has 7 heteroatoms. The predicted molar refractivity (Wildman–Crippen MR) is 121 cm³/mol. The third kappa shape index (κ3) is 6.03. The number of rotatable bonds is 9. The first-order valence-corrected chi connectivity index (χ1v) is 10.7. The van der Waals surface area contributed by atoms with Gasteiger partial charge in [-0.05, 0) is 54.1 Å². The normalized spacial score (nSPS) is 20.1. The van der Waals surface area contributed by atoms with E-state index in [1.54, 1.807) is 0 Å². The molecule has 33 heavy (non-hydrogen) atoms. The minimum absolute atomic E-state index is 0.0244. The van der Waals surface area contributed by atoms with Gasteiger partial charge in [-0.2, -0.15) is 0 Å². The molecule has 0 bridgehead atoms. The van der Waals surface area contributed by atoms with Gasteiger partial charge < -0.3 is 28.8 Å². The predicted octanol–water partition coefficient (Wildman–Crippen LogP) is 4.87. The fourth-order valence-electron chi connectivity index (χ4n) is 3.31. The van der Waals surface area contributed by atoms with Crippen molar-refractivity contribution in [2.45, 2.75) is 18.6 Å². The molecular formula is C26H26O7. The quantitative estimate of drug-likeness (QED) is 0.466. The van der Waals surface area contributed by atoms with Gasteiger partial charge >= 0.3 is 5.97 Å². The molecular weight excluding hydrogens is 424 g/mol. The van der Waals surface area contributed by atoms with Gasteiger partial charge in [0, 0.05) is 12.8 Å². The largest absolute Gasteiger partial charge is 0.490 e. The lowest BCUT2D eigenvalue weighted by Crippen LogP contribution is -2.47. The van der Waals surface area contributed by atoms with Crippen molar-refractivity contribution in [2.75, 3.05) is 26.4 Å². The second kappa shape index (κ2) is 10.4. The van der Waals surface area contributed by atoms with E-state index < -0.39 is 11.8 Å². The van der Waals surface area contributed by atoms with Crippen LogP contribution in [0.3, 0.4) is 0 Å². The summed E-state index contributed by atoms with van der Waals surface area (Å²) in [6, 6.07) is 24.6. The lowest BCUT2D eigenvalue weighted by atomic mass is 9.99. The van der Waals surface area contributed by atoms with E-state index in [4.69, 9.17) is 28.8 Å². The van der Waals surface area contributed by atoms with Crippen LogP contribution in [0.25, 0.3) is 0 Å². The fourth-order valence-corrected chi connectivity index (χ4v) is 3.31. The van der Waals surface area contributed by atoms with Crippen molar-refractivity contribution in [3.63, 3.8) is 0 Å². The molecule has 3 aromatic rings. The van der Waals surface area contributed by atoms with Crippen molar-refractivity contribution in [3.05, 3.63) is 84.4 Å². The highest BCUT2D eigenvalue weighted by atomic mass is 16.7. The second-order valence-corrected chi connectivity index (χ2v) is 7.72. The number of aliphatic carboxylic acids is 1. The Labute approximate surface area is 192 Å². The zero-order valence-corrected chi connectivity index (χ0v) is 18.3. The molecule has 7 nitrogen and oxygen atoms in total. The minimum atomic E-state index is -1.57. The van der Waals surface area contributed by atoms with Crippen LogP contribution in [0, 0.1) is 0 Å². The summed E-state index contributed by atoms with van der Waals surface area (Å²) in [7, 11) is 0. The molecule has 1 N–H and O–H groups in total. The standard InChI is InChI=1S/C26H26O7/c1-26(25(27)28)31-17-20(18-32-26)19-7-9-21(10-8-19)29-15-16-30-22-11-13-24(14-12-22)33-23-5-3-2-4-6-23/h2-14,20H,15-18H2,1H3,(H,27,28)/t20-,26+. The summed E-state index contributed by atoms with van der Waals surface area (Å²) in [5.41, 5.74) is 1.00. The van der Waals surface area contributed by atoms with Gasteiger partial charge in [0.25, 0.3) is 5.79 Å². The molecule has 0 aromatic heterocycles. The summed E-state index contributed by atoms with van der Waals surface area (Å²) < 4.78 is 28.1. The molecule has 3 aromatic carbocycles. The van der Waals surface area contributed by atoms with E-state index in [0.29, 0.717) is 13.2 Å². The lowest BCUT2D eigenvalue weighted by molar-refractivity contribution is -0.262. The molecule has 0 aliphatic carbocycles. The third-order valence-electron chi connectivity index (χ3n) is 5.28. The maximum atomic E-state index is 11.2. The topological polar surface area (TPSA) is 83.5 Å². The summed E-state index contributed by atoms with van der Waals surface area (Å²) in [5.74, 6) is 0.266. The Morgan fingerprint density at radius 1 is 0.818 bits per heavy atom. The van der Waals surface area contributed by atoms with Crippen molar-refractivity contribution < 1.29 is 33.6 Å². The van der Waals surface area contributed by atoms with E-state index in [2.05, 4.69) is 0 Å². The summed E-state index contributed by atoms with van der Waals surface area (Å²) >= 11 is 0. The number of benzene rings is 3. The molecule has 0 atom stereocenters. The monoisotopic (exact) mass is 450 g/mol. The molecule has 1 fully saturated rings. The van der Waals surface area contributed by atoms with Gasteiger partial charge in [0.2, 0.25) is 0 Å². The number of hydrogen-bond donors (Lipinski definition) is 1. The van der Waals surface area contributed by atoms with Gasteiger partial charge in [-0.1, -0.05) is 30.3 Å². The molecule has 1 heterocycles. The number of hydrogen-bond acceptors (Lipinski definition) is 6. The first-order valence-electron chi connectivity index (χ1n) is 10.7. The molecule has 0 radical (unpaired) electrons. The summed E-state index contributed by atoms with van der Waals surface area (Å²) in [6.07, 6.45) is 0. The summed E-state index contributed by atoms with van der Waals surface area (Å²) in [4.78, 5) is 11.2. The van der Waals surface area contributed by atoms with E-state index in [-0.39, 0.29) is 19.1 Å². The van der Waals surface area contributed by atoms with Crippen molar-refractivity contribution in [3.8, 4) is 23.0 Å². The number of carboxylic acids is 1. The molecule has 1 aliphatic heterocycles. The molecule has 4 rings (SSSR count). The van der Waals surface area contributed by atoms with Crippen LogP contribution in [0.2, 0.25) is 0 Å². The van der Waals surface area contributed by atoms with Crippen LogP contribution in [0.5, 0.6) is 23.0 Å². The van der Waals surface area contributed by atoms with Crippen LogP contribution >= 0.6 is 0 Å². The molecule has 0 saturated carbocycles. The average Bonchev–Trinajstić information content (AvgIpc) is 2.84. The first-order chi connectivity index (χ1) is 16.0. The second-order valence-electron chi connectivity index (χ2n) is 7.72. The Hall–Kier alpha value is -3.55. The van der Waals surface area contributed by atoms with E-state index in [1.165, 1.54) is 6.92 Å². The molecule has 172 valence electrons. The molecule has 0 amide bonds. The van der Waals surface area contributed by atoms with Crippen molar-refractivity contribution in [1.29, 1.82) is 0 Å². The fraction of sp³-hybridized carbons (Fsp3) is 0.269. The highest BCUT2D eigenvalue weighted by Gasteiger charge is 2.40. The van der Waals surface area contributed by atoms with Crippen LogP contribution in [0.4, 0.5) is 0 Å². The minimum Gasteiger partial charge on any atom is -0.490 e. The third-order valence-corrected chi connectivity index (χ3v) is 5.28. The van der Waals surface area contributed by atoms with Gasteiger partial charge in [-0.15, -0.1) is 0 Å². The summed E-state index contributed by atoms with van der Waals surface area (Å²) in [5, 5.41) is 9.15. The van der Waals surface area contributed by atoms with Gasteiger partial charge in [0.05, 0.1) is 13.2 Å². The maximum absolute atomic E-state index is 11.2. The zero-order chi connectivity index (χ0) is 23.1.